The molecule has 0 amide bonds. The van der Waals surface area contributed by atoms with Crippen LogP contribution in [0.2, 0.25) is 0 Å². The zero-order chi connectivity index (χ0) is 15.3. The molecule has 2 rings (SSSR count). The summed E-state index contributed by atoms with van der Waals surface area (Å²) in [6.07, 6.45) is 9.70. The first-order valence-corrected chi connectivity index (χ1v) is 9.54. The fourth-order valence-electron chi connectivity index (χ4n) is 3.91. The molecule has 1 saturated heterocycles. The first kappa shape index (κ1) is 17.3. The largest absolute Gasteiger partial charge is 0.313 e. The zero-order valence-corrected chi connectivity index (χ0v) is 15.0. The minimum atomic E-state index is 0.500. The average Bonchev–Trinajstić information content (AvgIpc) is 3.30. The summed E-state index contributed by atoms with van der Waals surface area (Å²) < 4.78 is 0. The zero-order valence-electron chi connectivity index (χ0n) is 15.0. The van der Waals surface area contributed by atoms with Gasteiger partial charge in [-0.15, -0.1) is 0 Å². The molecule has 0 aromatic rings. The fourth-order valence-corrected chi connectivity index (χ4v) is 3.91. The normalized spacial score (nSPS) is 25.3. The molecule has 2 aliphatic rings. The highest BCUT2D eigenvalue weighted by Crippen LogP contribution is 2.31. The van der Waals surface area contributed by atoms with Gasteiger partial charge in [-0.25, -0.2) is 0 Å². The summed E-state index contributed by atoms with van der Waals surface area (Å²) in [4.78, 5) is 2.78. The number of likely N-dealkylation sites (tertiary alicyclic amines) is 1. The van der Waals surface area contributed by atoms with E-state index in [0.29, 0.717) is 5.41 Å². The Balaban J connectivity index is 1.86. The second-order valence-corrected chi connectivity index (χ2v) is 8.07. The van der Waals surface area contributed by atoms with Crippen LogP contribution in [0.5, 0.6) is 0 Å². The highest BCUT2D eigenvalue weighted by Gasteiger charge is 2.32. The molecular formula is C19H38N2. The number of rotatable bonds is 8. The van der Waals surface area contributed by atoms with Crippen LogP contribution >= 0.6 is 0 Å². The van der Waals surface area contributed by atoms with Gasteiger partial charge in [0.25, 0.3) is 0 Å². The summed E-state index contributed by atoms with van der Waals surface area (Å²) in [5.41, 5.74) is 0.500. The molecule has 1 aliphatic carbocycles. The highest BCUT2D eigenvalue weighted by molar-refractivity contribution is 4.89. The molecule has 1 saturated carbocycles. The molecule has 1 atom stereocenters. The van der Waals surface area contributed by atoms with Gasteiger partial charge in [0.05, 0.1) is 0 Å². The molecule has 1 aliphatic heterocycles. The first-order valence-electron chi connectivity index (χ1n) is 9.54. The van der Waals surface area contributed by atoms with Crippen LogP contribution in [-0.2, 0) is 0 Å². The maximum atomic E-state index is 3.80. The van der Waals surface area contributed by atoms with E-state index in [1.165, 1.54) is 71.1 Å². The SMILES string of the molecule is CCC(CC)(CNC1CC1)CN1CCCC(C(C)C)CC1. The van der Waals surface area contributed by atoms with Gasteiger partial charge >= 0.3 is 0 Å². The van der Waals surface area contributed by atoms with Crippen molar-refractivity contribution in [1.29, 1.82) is 0 Å². The van der Waals surface area contributed by atoms with Crippen LogP contribution < -0.4 is 5.32 Å². The predicted molar refractivity (Wildman–Crippen MR) is 92.7 cm³/mol. The van der Waals surface area contributed by atoms with Gasteiger partial charge in [-0.1, -0.05) is 27.7 Å². The topological polar surface area (TPSA) is 15.3 Å². The second kappa shape index (κ2) is 7.97. The lowest BCUT2D eigenvalue weighted by Crippen LogP contribution is -2.44. The molecule has 0 bridgehead atoms. The summed E-state index contributed by atoms with van der Waals surface area (Å²) in [5, 5.41) is 3.80. The molecule has 0 spiro atoms. The van der Waals surface area contributed by atoms with Crippen LogP contribution in [0, 0.1) is 17.3 Å². The van der Waals surface area contributed by atoms with Crippen molar-refractivity contribution in [2.45, 2.75) is 78.7 Å². The van der Waals surface area contributed by atoms with Gasteiger partial charge in [0, 0.05) is 19.1 Å². The summed E-state index contributed by atoms with van der Waals surface area (Å²) >= 11 is 0. The minimum Gasteiger partial charge on any atom is -0.313 e. The molecule has 2 nitrogen and oxygen atoms in total. The molecule has 21 heavy (non-hydrogen) atoms. The number of hydrogen-bond acceptors (Lipinski definition) is 2. The Morgan fingerprint density at radius 1 is 1.05 bits per heavy atom. The molecule has 1 heterocycles. The van der Waals surface area contributed by atoms with E-state index in [2.05, 4.69) is 37.9 Å². The van der Waals surface area contributed by atoms with Crippen molar-refractivity contribution in [3.63, 3.8) is 0 Å². The minimum absolute atomic E-state index is 0.500. The van der Waals surface area contributed by atoms with Gasteiger partial charge in [0.2, 0.25) is 0 Å². The van der Waals surface area contributed by atoms with Crippen molar-refractivity contribution in [2.75, 3.05) is 26.2 Å². The van der Waals surface area contributed by atoms with E-state index >= 15 is 0 Å². The van der Waals surface area contributed by atoms with Gasteiger partial charge in [0.1, 0.15) is 0 Å². The lowest BCUT2D eigenvalue weighted by atomic mass is 9.81. The van der Waals surface area contributed by atoms with E-state index in [4.69, 9.17) is 0 Å². The van der Waals surface area contributed by atoms with Crippen LogP contribution in [0.1, 0.15) is 72.6 Å². The van der Waals surface area contributed by atoms with Crippen LogP contribution in [0.15, 0.2) is 0 Å². The predicted octanol–water partition coefficient (Wildman–Crippen LogP) is 4.30. The van der Waals surface area contributed by atoms with E-state index < -0.39 is 0 Å². The monoisotopic (exact) mass is 294 g/mol. The van der Waals surface area contributed by atoms with E-state index in [0.717, 1.165) is 17.9 Å². The molecular weight excluding hydrogens is 256 g/mol. The second-order valence-electron chi connectivity index (χ2n) is 8.07. The van der Waals surface area contributed by atoms with Crippen molar-refractivity contribution >= 4 is 0 Å². The maximum Gasteiger partial charge on any atom is 0.00684 e. The summed E-state index contributed by atoms with van der Waals surface area (Å²) in [7, 11) is 0. The summed E-state index contributed by atoms with van der Waals surface area (Å²) in [6, 6.07) is 0.844. The molecule has 0 aromatic heterocycles. The van der Waals surface area contributed by atoms with Crippen molar-refractivity contribution < 1.29 is 0 Å². The molecule has 1 N–H and O–H groups in total. The number of nitrogens with zero attached hydrogens (tertiary/aromatic N) is 1. The first-order chi connectivity index (χ1) is 10.1. The summed E-state index contributed by atoms with van der Waals surface area (Å²) in [6.45, 7) is 14.8. The van der Waals surface area contributed by atoms with Gasteiger partial charge in [0.15, 0.2) is 0 Å². The smallest absolute Gasteiger partial charge is 0.00684 e. The van der Waals surface area contributed by atoms with Crippen molar-refractivity contribution in [3.05, 3.63) is 0 Å². The third-order valence-electron chi connectivity index (χ3n) is 6.21. The Morgan fingerprint density at radius 2 is 1.76 bits per heavy atom. The molecule has 1 unspecified atom stereocenters. The Bertz CT molecular complexity index is 292. The number of hydrogen-bond donors (Lipinski definition) is 1. The van der Waals surface area contributed by atoms with E-state index in [1.807, 2.05) is 0 Å². The molecule has 2 fully saturated rings. The van der Waals surface area contributed by atoms with Crippen molar-refractivity contribution in [1.82, 2.24) is 10.2 Å². The lowest BCUT2D eigenvalue weighted by molar-refractivity contribution is 0.135. The van der Waals surface area contributed by atoms with E-state index in [1.54, 1.807) is 0 Å². The molecule has 2 heteroatoms. The summed E-state index contributed by atoms with van der Waals surface area (Å²) in [5.74, 6) is 1.82. The van der Waals surface area contributed by atoms with Gasteiger partial charge in [-0.2, -0.15) is 0 Å². The highest BCUT2D eigenvalue weighted by atomic mass is 15.1. The fraction of sp³-hybridized carbons (Fsp3) is 1.00. The third kappa shape index (κ3) is 5.25. The molecule has 0 aromatic carbocycles. The van der Waals surface area contributed by atoms with Crippen LogP contribution in [0.25, 0.3) is 0 Å². The standard InChI is InChI=1S/C19H38N2/c1-5-19(6-2,14-20-18-9-10-18)15-21-12-7-8-17(11-13-21)16(3)4/h16-18,20H,5-15H2,1-4H3. The van der Waals surface area contributed by atoms with Gasteiger partial charge in [-0.05, 0) is 75.3 Å². The van der Waals surface area contributed by atoms with E-state index in [-0.39, 0.29) is 0 Å². The third-order valence-corrected chi connectivity index (χ3v) is 6.21. The lowest BCUT2D eigenvalue weighted by Gasteiger charge is -2.37. The maximum absolute atomic E-state index is 3.80. The van der Waals surface area contributed by atoms with Crippen LogP contribution in [0.3, 0.4) is 0 Å². The average molecular weight is 295 g/mol. The Hall–Kier alpha value is -0.0800. The van der Waals surface area contributed by atoms with Crippen LogP contribution in [0.4, 0.5) is 0 Å². The number of nitrogens with one attached hydrogen (secondary N) is 1. The molecule has 0 radical (unpaired) electrons. The van der Waals surface area contributed by atoms with Crippen molar-refractivity contribution in [3.8, 4) is 0 Å². The van der Waals surface area contributed by atoms with Crippen molar-refractivity contribution in [2.24, 2.45) is 17.3 Å². The Labute approximate surface area is 133 Å². The van der Waals surface area contributed by atoms with Gasteiger partial charge < -0.3 is 10.2 Å². The molecule has 124 valence electrons. The Morgan fingerprint density at radius 3 is 2.33 bits per heavy atom. The Kier molecular flexibility index (Phi) is 6.55. The quantitative estimate of drug-likeness (QED) is 0.718. The van der Waals surface area contributed by atoms with Crippen LogP contribution in [-0.4, -0.2) is 37.1 Å². The van der Waals surface area contributed by atoms with Gasteiger partial charge in [-0.3, -0.25) is 0 Å². The van der Waals surface area contributed by atoms with E-state index in [9.17, 15) is 0 Å².